The molecule has 1 aliphatic heterocycles. The van der Waals surface area contributed by atoms with E-state index in [9.17, 15) is 9.18 Å². The van der Waals surface area contributed by atoms with Crippen molar-refractivity contribution >= 4 is 17.3 Å². The zero-order chi connectivity index (χ0) is 18.7. The number of anilines is 2. The highest BCUT2D eigenvalue weighted by molar-refractivity contribution is 5.99. The fourth-order valence-electron chi connectivity index (χ4n) is 3.27. The van der Waals surface area contributed by atoms with Gasteiger partial charge in [-0.2, -0.15) is 0 Å². The Morgan fingerprint density at radius 1 is 1.31 bits per heavy atom. The monoisotopic (exact) mass is 357 g/mol. The fourth-order valence-corrected chi connectivity index (χ4v) is 3.27. The lowest BCUT2D eigenvalue weighted by Crippen LogP contribution is -2.27. The first kappa shape index (κ1) is 18.2. The van der Waals surface area contributed by atoms with Gasteiger partial charge >= 0.3 is 0 Å². The molecule has 1 amide bonds. The third-order valence-electron chi connectivity index (χ3n) is 4.73. The molecule has 138 valence electrons. The predicted molar refractivity (Wildman–Crippen MR) is 101 cm³/mol. The van der Waals surface area contributed by atoms with Crippen molar-refractivity contribution in [3.8, 4) is 0 Å². The Morgan fingerprint density at radius 3 is 2.88 bits per heavy atom. The lowest BCUT2D eigenvalue weighted by molar-refractivity contribution is 0.0940. The van der Waals surface area contributed by atoms with Crippen molar-refractivity contribution in [1.82, 2.24) is 5.32 Å². The second-order valence-electron chi connectivity index (χ2n) is 6.60. The summed E-state index contributed by atoms with van der Waals surface area (Å²) in [6.45, 7) is 3.09. The van der Waals surface area contributed by atoms with Crippen molar-refractivity contribution in [2.45, 2.75) is 19.4 Å². The van der Waals surface area contributed by atoms with Crippen LogP contribution in [0.15, 0.2) is 36.4 Å². The average molecular weight is 357 g/mol. The van der Waals surface area contributed by atoms with Crippen molar-refractivity contribution in [3.63, 3.8) is 0 Å². The van der Waals surface area contributed by atoms with E-state index < -0.39 is 5.82 Å². The molecule has 0 spiro atoms. The molecule has 2 aromatic carbocycles. The van der Waals surface area contributed by atoms with Crippen LogP contribution in [0.2, 0.25) is 0 Å². The van der Waals surface area contributed by atoms with E-state index in [1.54, 1.807) is 0 Å². The zero-order valence-corrected chi connectivity index (χ0v) is 15.1. The third-order valence-corrected chi connectivity index (χ3v) is 4.73. The molecule has 3 N–H and O–H groups in total. The molecule has 1 heterocycles. The standard InChI is InChI=1S/C20H24FN3O2/c1-13(14-3-6-19-15(11-14)7-9-24(19)2)23-20(26)17-5-4-16(21)12-18(17)22-8-10-25/h3-6,11-13,22,25H,7-10H2,1-2H3,(H,23,26). The lowest BCUT2D eigenvalue weighted by atomic mass is 10.0. The molecule has 0 fully saturated rings. The number of benzene rings is 2. The van der Waals surface area contributed by atoms with Crippen LogP contribution >= 0.6 is 0 Å². The van der Waals surface area contributed by atoms with Crippen molar-refractivity contribution in [1.29, 1.82) is 0 Å². The third kappa shape index (κ3) is 3.80. The molecule has 0 radical (unpaired) electrons. The van der Waals surface area contributed by atoms with Gasteiger partial charge in [-0.1, -0.05) is 12.1 Å². The number of nitrogens with zero attached hydrogens (tertiary/aromatic N) is 1. The van der Waals surface area contributed by atoms with Gasteiger partial charge in [-0.15, -0.1) is 0 Å². The highest BCUT2D eigenvalue weighted by Gasteiger charge is 2.19. The van der Waals surface area contributed by atoms with Gasteiger partial charge in [0.15, 0.2) is 0 Å². The number of halogens is 1. The van der Waals surface area contributed by atoms with E-state index >= 15 is 0 Å². The Morgan fingerprint density at radius 2 is 2.12 bits per heavy atom. The van der Waals surface area contributed by atoms with Crippen LogP contribution < -0.4 is 15.5 Å². The normalized spacial score (nSPS) is 14.1. The largest absolute Gasteiger partial charge is 0.395 e. The number of amides is 1. The van der Waals surface area contributed by atoms with Crippen LogP contribution in [-0.4, -0.2) is 37.8 Å². The van der Waals surface area contributed by atoms with Gasteiger partial charge in [0.1, 0.15) is 5.82 Å². The summed E-state index contributed by atoms with van der Waals surface area (Å²) in [5.41, 5.74) is 4.30. The molecule has 1 aliphatic rings. The smallest absolute Gasteiger partial charge is 0.253 e. The van der Waals surface area contributed by atoms with Gasteiger partial charge in [-0.3, -0.25) is 4.79 Å². The summed E-state index contributed by atoms with van der Waals surface area (Å²) < 4.78 is 13.5. The molecule has 0 saturated heterocycles. The first-order chi connectivity index (χ1) is 12.5. The summed E-state index contributed by atoms with van der Waals surface area (Å²) >= 11 is 0. The molecule has 26 heavy (non-hydrogen) atoms. The molecule has 6 heteroatoms. The minimum Gasteiger partial charge on any atom is -0.395 e. The van der Waals surface area contributed by atoms with Gasteiger partial charge in [-0.25, -0.2) is 4.39 Å². The number of nitrogens with one attached hydrogen (secondary N) is 2. The minimum absolute atomic E-state index is 0.0997. The van der Waals surface area contributed by atoms with Gasteiger partial charge in [0.2, 0.25) is 0 Å². The van der Waals surface area contributed by atoms with Gasteiger partial charge < -0.3 is 20.6 Å². The highest BCUT2D eigenvalue weighted by atomic mass is 19.1. The van der Waals surface area contributed by atoms with Crippen molar-refractivity contribution in [3.05, 3.63) is 58.9 Å². The molecule has 0 saturated carbocycles. The number of likely N-dealkylation sites (N-methyl/N-ethyl adjacent to an activating group) is 1. The number of rotatable bonds is 6. The number of aliphatic hydroxyl groups is 1. The average Bonchev–Trinajstić information content (AvgIpc) is 3.00. The summed E-state index contributed by atoms with van der Waals surface area (Å²) in [4.78, 5) is 14.9. The molecular formula is C20H24FN3O2. The van der Waals surface area contributed by atoms with Crippen LogP contribution in [0.3, 0.4) is 0 Å². The van der Waals surface area contributed by atoms with Gasteiger partial charge in [0.05, 0.1) is 18.2 Å². The zero-order valence-electron chi connectivity index (χ0n) is 15.1. The molecule has 3 rings (SSSR count). The maximum atomic E-state index is 13.5. The number of carbonyl (C=O) groups excluding carboxylic acids is 1. The summed E-state index contributed by atoms with van der Waals surface area (Å²) in [5, 5.41) is 14.8. The summed E-state index contributed by atoms with van der Waals surface area (Å²) in [5.74, 6) is -0.715. The first-order valence-electron chi connectivity index (χ1n) is 8.78. The Labute approximate surface area is 152 Å². The van der Waals surface area contributed by atoms with E-state index in [1.165, 1.54) is 29.4 Å². The van der Waals surface area contributed by atoms with Crippen molar-refractivity contribution in [2.75, 3.05) is 37.0 Å². The number of hydrogen-bond donors (Lipinski definition) is 3. The van der Waals surface area contributed by atoms with Crippen molar-refractivity contribution < 1.29 is 14.3 Å². The van der Waals surface area contributed by atoms with Crippen molar-refractivity contribution in [2.24, 2.45) is 0 Å². The molecule has 1 unspecified atom stereocenters. The number of fused-ring (bicyclic) bond motifs is 1. The number of aliphatic hydroxyl groups excluding tert-OH is 1. The quantitative estimate of drug-likeness (QED) is 0.744. The van der Waals surface area contributed by atoms with Gasteiger partial charge in [0, 0.05) is 31.5 Å². The van der Waals surface area contributed by atoms with Crippen LogP contribution in [0.5, 0.6) is 0 Å². The summed E-state index contributed by atoms with van der Waals surface area (Å²) in [6, 6.07) is 10.1. The van der Waals surface area contributed by atoms with E-state index in [0.29, 0.717) is 11.3 Å². The van der Waals surface area contributed by atoms with E-state index in [4.69, 9.17) is 5.11 Å². The fraction of sp³-hybridized carbons (Fsp3) is 0.350. The maximum absolute atomic E-state index is 13.5. The van der Waals surface area contributed by atoms with E-state index in [2.05, 4.69) is 34.7 Å². The summed E-state index contributed by atoms with van der Waals surface area (Å²) in [6.07, 6.45) is 1.01. The van der Waals surface area contributed by atoms with Crippen LogP contribution in [0.1, 0.15) is 34.5 Å². The highest BCUT2D eigenvalue weighted by Crippen LogP contribution is 2.29. The second-order valence-corrected chi connectivity index (χ2v) is 6.60. The topological polar surface area (TPSA) is 64.6 Å². The summed E-state index contributed by atoms with van der Waals surface area (Å²) in [7, 11) is 2.08. The first-order valence-corrected chi connectivity index (χ1v) is 8.78. The molecule has 0 aromatic heterocycles. The SMILES string of the molecule is CC(NC(=O)c1ccc(F)cc1NCCO)c1ccc2c(c1)CCN2C. The van der Waals surface area contributed by atoms with E-state index in [1.807, 2.05) is 13.0 Å². The van der Waals surface area contributed by atoms with E-state index in [0.717, 1.165) is 18.5 Å². The Hall–Kier alpha value is -2.60. The predicted octanol–water partition coefficient (Wildman–Crippen LogP) is 2.71. The molecule has 2 aromatic rings. The lowest BCUT2D eigenvalue weighted by Gasteiger charge is -2.18. The molecular weight excluding hydrogens is 333 g/mol. The van der Waals surface area contributed by atoms with Crippen LogP contribution in [0, 0.1) is 5.82 Å². The Kier molecular flexibility index (Phi) is 5.42. The second kappa shape index (κ2) is 7.74. The Bertz CT molecular complexity index is 810. The minimum atomic E-state index is -0.433. The molecule has 1 atom stereocenters. The molecule has 5 nitrogen and oxygen atoms in total. The Balaban J connectivity index is 1.76. The van der Waals surface area contributed by atoms with Crippen LogP contribution in [0.25, 0.3) is 0 Å². The number of hydrogen-bond acceptors (Lipinski definition) is 4. The number of carbonyl (C=O) groups is 1. The molecule has 0 aliphatic carbocycles. The van der Waals surface area contributed by atoms with E-state index in [-0.39, 0.29) is 25.1 Å². The maximum Gasteiger partial charge on any atom is 0.253 e. The van der Waals surface area contributed by atoms with Crippen LogP contribution in [0.4, 0.5) is 15.8 Å². The van der Waals surface area contributed by atoms with Gasteiger partial charge in [-0.05, 0) is 48.7 Å². The molecule has 0 bridgehead atoms. The van der Waals surface area contributed by atoms with Crippen LogP contribution in [-0.2, 0) is 6.42 Å². The van der Waals surface area contributed by atoms with Gasteiger partial charge in [0.25, 0.3) is 5.91 Å².